The zero-order valence-electron chi connectivity index (χ0n) is 9.73. The molecule has 0 N–H and O–H groups in total. The number of likely N-dealkylation sites (N-methyl/N-ethyl adjacent to an activating group) is 2. The van der Waals surface area contributed by atoms with Crippen molar-refractivity contribution in [3.05, 3.63) is 18.0 Å². The summed E-state index contributed by atoms with van der Waals surface area (Å²) in [5.74, 6) is 0.515. The normalized spacial score (nSPS) is 15.8. The van der Waals surface area contributed by atoms with Gasteiger partial charge in [-0.25, -0.2) is 0 Å². The van der Waals surface area contributed by atoms with Gasteiger partial charge in [-0.1, -0.05) is 0 Å². The number of carbonyl (C=O) groups excluding carboxylic acids is 1. The molecule has 2 heterocycles. The zero-order chi connectivity index (χ0) is 11.7. The standard InChI is InChI=1S/C11H15N3O2/c1-13-4-5-14(2)11(15)10-8(13)6-12-7-9(10)16-3/h6-7H,4-5H2,1-3H3. The second-order valence-corrected chi connectivity index (χ2v) is 3.88. The first kappa shape index (κ1) is 10.7. The van der Waals surface area contributed by atoms with Gasteiger partial charge in [0.25, 0.3) is 5.91 Å². The molecule has 1 aliphatic rings. The van der Waals surface area contributed by atoms with Crippen molar-refractivity contribution in [1.29, 1.82) is 0 Å². The van der Waals surface area contributed by atoms with E-state index in [-0.39, 0.29) is 5.91 Å². The highest BCUT2D eigenvalue weighted by Gasteiger charge is 2.26. The molecule has 86 valence electrons. The van der Waals surface area contributed by atoms with E-state index in [0.29, 0.717) is 17.9 Å². The maximum atomic E-state index is 12.2. The number of nitrogens with zero attached hydrogens (tertiary/aromatic N) is 3. The highest BCUT2D eigenvalue weighted by Crippen LogP contribution is 2.30. The van der Waals surface area contributed by atoms with Gasteiger partial charge in [-0.05, 0) is 0 Å². The third kappa shape index (κ3) is 1.58. The third-order valence-electron chi connectivity index (χ3n) is 2.85. The predicted molar refractivity (Wildman–Crippen MR) is 61.0 cm³/mol. The smallest absolute Gasteiger partial charge is 0.259 e. The molecule has 1 amide bonds. The minimum Gasteiger partial charge on any atom is -0.494 e. The summed E-state index contributed by atoms with van der Waals surface area (Å²) in [5, 5.41) is 0. The van der Waals surface area contributed by atoms with E-state index in [1.807, 2.05) is 11.9 Å². The van der Waals surface area contributed by atoms with Crippen LogP contribution in [0.15, 0.2) is 12.4 Å². The van der Waals surface area contributed by atoms with Gasteiger partial charge < -0.3 is 14.5 Å². The molecular formula is C11H15N3O2. The first-order valence-corrected chi connectivity index (χ1v) is 5.13. The SMILES string of the molecule is COc1cncc2c1C(=O)N(C)CCN2C. The van der Waals surface area contributed by atoms with E-state index < -0.39 is 0 Å². The first-order valence-electron chi connectivity index (χ1n) is 5.13. The van der Waals surface area contributed by atoms with Gasteiger partial charge in [-0.3, -0.25) is 9.78 Å². The van der Waals surface area contributed by atoms with Crippen LogP contribution in [0.25, 0.3) is 0 Å². The van der Waals surface area contributed by atoms with Gasteiger partial charge in [0.15, 0.2) is 5.75 Å². The molecule has 1 aromatic rings. The fourth-order valence-corrected chi connectivity index (χ4v) is 1.80. The minimum absolute atomic E-state index is 0.0152. The molecule has 0 spiro atoms. The Morgan fingerprint density at radius 2 is 1.94 bits per heavy atom. The van der Waals surface area contributed by atoms with Crippen LogP contribution in [0.2, 0.25) is 0 Å². The Morgan fingerprint density at radius 1 is 1.25 bits per heavy atom. The molecule has 16 heavy (non-hydrogen) atoms. The molecule has 0 saturated carbocycles. The molecule has 0 radical (unpaired) electrons. The number of amides is 1. The van der Waals surface area contributed by atoms with Crippen molar-refractivity contribution in [3.8, 4) is 5.75 Å². The van der Waals surface area contributed by atoms with E-state index in [4.69, 9.17) is 4.74 Å². The van der Waals surface area contributed by atoms with Crippen molar-refractivity contribution < 1.29 is 9.53 Å². The molecule has 1 aliphatic heterocycles. The highest BCUT2D eigenvalue weighted by atomic mass is 16.5. The molecule has 0 bridgehead atoms. The third-order valence-corrected chi connectivity index (χ3v) is 2.85. The van der Waals surface area contributed by atoms with Gasteiger partial charge in [0, 0.05) is 27.2 Å². The Morgan fingerprint density at radius 3 is 2.62 bits per heavy atom. The fraction of sp³-hybridized carbons (Fsp3) is 0.455. The average Bonchev–Trinajstić information content (AvgIpc) is 2.42. The summed E-state index contributed by atoms with van der Waals surface area (Å²) >= 11 is 0. The number of rotatable bonds is 1. The second kappa shape index (κ2) is 4.00. The second-order valence-electron chi connectivity index (χ2n) is 3.88. The Bertz CT molecular complexity index is 420. The van der Waals surface area contributed by atoms with Gasteiger partial charge in [0.05, 0.1) is 25.2 Å². The summed E-state index contributed by atoms with van der Waals surface area (Å²) < 4.78 is 5.20. The molecule has 0 saturated heterocycles. The molecule has 0 atom stereocenters. The quantitative estimate of drug-likeness (QED) is 0.697. The van der Waals surface area contributed by atoms with Gasteiger partial charge >= 0.3 is 0 Å². The van der Waals surface area contributed by atoms with Gasteiger partial charge in [0.1, 0.15) is 5.56 Å². The van der Waals surface area contributed by atoms with Crippen molar-refractivity contribution in [2.24, 2.45) is 0 Å². The molecule has 0 aliphatic carbocycles. The number of carbonyl (C=O) groups is 1. The Kier molecular flexibility index (Phi) is 2.68. The van der Waals surface area contributed by atoms with E-state index in [0.717, 1.165) is 12.2 Å². The van der Waals surface area contributed by atoms with Crippen LogP contribution >= 0.6 is 0 Å². The Balaban J connectivity index is 2.60. The highest BCUT2D eigenvalue weighted by molar-refractivity contribution is 6.02. The summed E-state index contributed by atoms with van der Waals surface area (Å²) in [7, 11) is 5.30. The molecule has 2 rings (SSSR count). The van der Waals surface area contributed by atoms with Crippen LogP contribution < -0.4 is 9.64 Å². The van der Waals surface area contributed by atoms with Crippen molar-refractivity contribution in [3.63, 3.8) is 0 Å². The lowest BCUT2D eigenvalue weighted by molar-refractivity contribution is 0.0801. The topological polar surface area (TPSA) is 45.7 Å². The molecule has 1 aromatic heterocycles. The van der Waals surface area contributed by atoms with Crippen LogP contribution in [0.5, 0.6) is 5.75 Å². The summed E-state index contributed by atoms with van der Waals surface area (Å²) in [6, 6.07) is 0. The largest absolute Gasteiger partial charge is 0.494 e. The molecule has 0 fully saturated rings. The van der Waals surface area contributed by atoms with Crippen molar-refractivity contribution in [2.45, 2.75) is 0 Å². The summed E-state index contributed by atoms with van der Waals surface area (Å²) in [5.41, 5.74) is 1.42. The monoisotopic (exact) mass is 221 g/mol. The summed E-state index contributed by atoms with van der Waals surface area (Å²) in [6.07, 6.45) is 3.28. The van der Waals surface area contributed by atoms with Gasteiger partial charge in [0.2, 0.25) is 0 Å². The number of anilines is 1. The van der Waals surface area contributed by atoms with E-state index in [1.165, 1.54) is 0 Å². The van der Waals surface area contributed by atoms with Gasteiger partial charge in [-0.2, -0.15) is 0 Å². The van der Waals surface area contributed by atoms with E-state index in [2.05, 4.69) is 4.98 Å². The number of ether oxygens (including phenoxy) is 1. The van der Waals surface area contributed by atoms with Crippen molar-refractivity contribution >= 4 is 11.6 Å². The number of hydrogen-bond acceptors (Lipinski definition) is 4. The zero-order valence-corrected chi connectivity index (χ0v) is 9.73. The lowest BCUT2D eigenvalue weighted by atomic mass is 10.2. The maximum absolute atomic E-state index is 12.2. The van der Waals surface area contributed by atoms with Crippen LogP contribution in [0.1, 0.15) is 10.4 Å². The maximum Gasteiger partial charge on any atom is 0.259 e. The lowest BCUT2D eigenvalue weighted by Crippen LogP contribution is -2.30. The van der Waals surface area contributed by atoms with Crippen molar-refractivity contribution in [2.75, 3.05) is 39.2 Å². The molecule has 0 aromatic carbocycles. The Hall–Kier alpha value is -1.78. The Labute approximate surface area is 94.6 Å². The number of pyridine rings is 1. The lowest BCUT2D eigenvalue weighted by Gasteiger charge is -2.18. The minimum atomic E-state index is -0.0152. The first-order chi connectivity index (χ1) is 7.65. The van der Waals surface area contributed by atoms with E-state index in [9.17, 15) is 4.79 Å². The molecule has 5 nitrogen and oxygen atoms in total. The van der Waals surface area contributed by atoms with Crippen LogP contribution in [0.3, 0.4) is 0 Å². The fourth-order valence-electron chi connectivity index (χ4n) is 1.80. The molecular weight excluding hydrogens is 206 g/mol. The summed E-state index contributed by atoms with van der Waals surface area (Å²) in [6.45, 7) is 1.50. The molecule has 5 heteroatoms. The summed E-state index contributed by atoms with van der Waals surface area (Å²) in [4.78, 5) is 20.0. The van der Waals surface area contributed by atoms with E-state index >= 15 is 0 Å². The van der Waals surface area contributed by atoms with Crippen molar-refractivity contribution in [1.82, 2.24) is 9.88 Å². The number of aromatic nitrogens is 1. The number of methoxy groups -OCH3 is 1. The number of hydrogen-bond donors (Lipinski definition) is 0. The van der Waals surface area contributed by atoms with Crippen LogP contribution in [0.4, 0.5) is 5.69 Å². The van der Waals surface area contributed by atoms with Crippen LogP contribution in [0, 0.1) is 0 Å². The van der Waals surface area contributed by atoms with Crippen LogP contribution in [-0.2, 0) is 0 Å². The number of fused-ring (bicyclic) bond motifs is 1. The molecule has 0 unspecified atom stereocenters. The van der Waals surface area contributed by atoms with Gasteiger partial charge in [-0.15, -0.1) is 0 Å². The predicted octanol–water partition coefficient (Wildman–Crippen LogP) is 0.612. The van der Waals surface area contributed by atoms with Crippen LogP contribution in [-0.4, -0.2) is 50.1 Å². The van der Waals surface area contributed by atoms with E-state index in [1.54, 1.807) is 31.5 Å². The average molecular weight is 221 g/mol.